The van der Waals surface area contributed by atoms with Gasteiger partial charge in [0.25, 0.3) is 0 Å². The van der Waals surface area contributed by atoms with Gasteiger partial charge in [0.05, 0.1) is 6.04 Å². The van der Waals surface area contributed by atoms with Gasteiger partial charge in [0.1, 0.15) is 0 Å². The molecule has 1 aromatic rings. The van der Waals surface area contributed by atoms with E-state index in [1.54, 1.807) is 0 Å². The highest BCUT2D eigenvalue weighted by Crippen LogP contribution is 2.15. The Morgan fingerprint density at radius 3 is 2.73 bits per heavy atom. The van der Waals surface area contributed by atoms with Crippen LogP contribution in [0.5, 0.6) is 0 Å². The summed E-state index contributed by atoms with van der Waals surface area (Å²) in [6.07, 6.45) is 4.01. The maximum absolute atomic E-state index is 5.93. The molecule has 0 saturated carbocycles. The summed E-state index contributed by atoms with van der Waals surface area (Å²) in [7, 11) is 0. The molecule has 0 radical (unpaired) electrons. The van der Waals surface area contributed by atoms with Crippen molar-refractivity contribution in [1.82, 2.24) is 10.1 Å². The van der Waals surface area contributed by atoms with Crippen LogP contribution in [0.3, 0.4) is 0 Å². The van der Waals surface area contributed by atoms with Gasteiger partial charge in [-0.15, -0.1) is 0 Å². The molecule has 0 spiro atoms. The Balaban J connectivity index is 2.51. The van der Waals surface area contributed by atoms with Crippen LogP contribution in [0.25, 0.3) is 0 Å². The van der Waals surface area contributed by atoms with Crippen molar-refractivity contribution in [3.05, 3.63) is 11.7 Å². The van der Waals surface area contributed by atoms with E-state index in [-0.39, 0.29) is 6.04 Å². The average molecular weight is 211 g/mol. The van der Waals surface area contributed by atoms with Crippen LogP contribution >= 0.6 is 0 Å². The number of nitrogens with two attached hydrogens (primary N) is 1. The van der Waals surface area contributed by atoms with Gasteiger partial charge in [-0.05, 0) is 12.3 Å². The largest absolute Gasteiger partial charge is 0.338 e. The molecule has 0 unspecified atom stereocenters. The van der Waals surface area contributed by atoms with E-state index < -0.39 is 0 Å². The number of aromatic nitrogens is 2. The monoisotopic (exact) mass is 211 g/mol. The highest BCUT2D eigenvalue weighted by molar-refractivity contribution is 4.92. The number of hydrogen-bond acceptors (Lipinski definition) is 4. The van der Waals surface area contributed by atoms with Crippen molar-refractivity contribution >= 4 is 0 Å². The second-order valence-corrected chi connectivity index (χ2v) is 4.40. The van der Waals surface area contributed by atoms with Crippen LogP contribution in [-0.4, -0.2) is 10.1 Å². The molecule has 1 aromatic heterocycles. The smallest absolute Gasteiger partial charge is 0.243 e. The minimum Gasteiger partial charge on any atom is -0.338 e. The summed E-state index contributed by atoms with van der Waals surface area (Å²) in [6, 6.07) is -0.0987. The van der Waals surface area contributed by atoms with Gasteiger partial charge in [-0.3, -0.25) is 0 Å². The lowest BCUT2D eigenvalue weighted by Gasteiger charge is -2.03. The van der Waals surface area contributed by atoms with Gasteiger partial charge in [-0.2, -0.15) is 4.98 Å². The first kappa shape index (κ1) is 12.2. The van der Waals surface area contributed by atoms with Crippen LogP contribution in [0.15, 0.2) is 4.52 Å². The molecule has 1 heterocycles. The van der Waals surface area contributed by atoms with Crippen LogP contribution in [0.2, 0.25) is 0 Å². The average Bonchev–Trinajstić information content (AvgIpc) is 2.61. The second-order valence-electron chi connectivity index (χ2n) is 4.40. The third kappa shape index (κ3) is 4.00. The number of hydrogen-bond donors (Lipinski definition) is 1. The van der Waals surface area contributed by atoms with Crippen molar-refractivity contribution in [2.75, 3.05) is 0 Å². The zero-order valence-corrected chi connectivity index (χ0v) is 9.86. The Hall–Kier alpha value is -0.900. The van der Waals surface area contributed by atoms with Crippen LogP contribution in [-0.2, 0) is 6.42 Å². The summed E-state index contributed by atoms with van der Waals surface area (Å²) in [5.41, 5.74) is 5.93. The van der Waals surface area contributed by atoms with Crippen molar-refractivity contribution in [2.45, 2.75) is 52.5 Å². The topological polar surface area (TPSA) is 64.9 Å². The maximum Gasteiger partial charge on any atom is 0.243 e. The van der Waals surface area contributed by atoms with Gasteiger partial charge >= 0.3 is 0 Å². The minimum atomic E-state index is -0.0987. The normalized spacial score (nSPS) is 13.4. The molecular formula is C11H21N3O. The fourth-order valence-electron chi connectivity index (χ4n) is 1.41. The number of unbranched alkanes of at least 4 members (excludes halogenated alkanes) is 1. The molecular weight excluding hydrogens is 190 g/mol. The third-order valence-electron chi connectivity index (χ3n) is 2.26. The molecule has 0 bridgehead atoms. The zero-order valence-electron chi connectivity index (χ0n) is 9.86. The molecule has 0 aliphatic rings. The van der Waals surface area contributed by atoms with E-state index in [9.17, 15) is 0 Å². The third-order valence-corrected chi connectivity index (χ3v) is 2.26. The molecule has 4 nitrogen and oxygen atoms in total. The molecule has 2 N–H and O–H groups in total. The molecule has 0 aromatic carbocycles. The predicted molar refractivity (Wildman–Crippen MR) is 59.3 cm³/mol. The molecule has 0 aliphatic heterocycles. The van der Waals surface area contributed by atoms with Crippen molar-refractivity contribution < 1.29 is 4.52 Å². The molecule has 4 heteroatoms. The van der Waals surface area contributed by atoms with Gasteiger partial charge in [0, 0.05) is 6.42 Å². The van der Waals surface area contributed by atoms with E-state index in [4.69, 9.17) is 10.3 Å². The van der Waals surface area contributed by atoms with Gasteiger partial charge in [0.2, 0.25) is 5.89 Å². The fraction of sp³-hybridized carbons (Fsp3) is 0.818. The lowest BCUT2D eigenvalue weighted by molar-refractivity contribution is 0.341. The van der Waals surface area contributed by atoms with Crippen LogP contribution in [0.1, 0.15) is 57.8 Å². The summed E-state index contributed by atoms with van der Waals surface area (Å²) in [5, 5.41) is 3.92. The maximum atomic E-state index is 5.93. The fourth-order valence-corrected chi connectivity index (χ4v) is 1.41. The van der Waals surface area contributed by atoms with Crippen molar-refractivity contribution in [3.8, 4) is 0 Å². The molecule has 1 rings (SSSR count). The summed E-state index contributed by atoms with van der Waals surface area (Å²) < 4.78 is 5.14. The standard InChI is InChI=1S/C11H21N3O/c1-4-5-6-9(12)11-13-10(14-15-11)7-8(2)3/h8-9H,4-7,12H2,1-3H3/t9-/m0/s1. The summed E-state index contributed by atoms with van der Waals surface area (Å²) in [5.74, 6) is 1.90. The Kier molecular flexibility index (Phi) is 4.75. The summed E-state index contributed by atoms with van der Waals surface area (Å²) >= 11 is 0. The Labute approximate surface area is 91.2 Å². The Bertz CT molecular complexity index is 283. The zero-order chi connectivity index (χ0) is 11.3. The number of nitrogens with zero attached hydrogens (tertiary/aromatic N) is 2. The second kappa shape index (κ2) is 5.85. The van der Waals surface area contributed by atoms with Crippen molar-refractivity contribution in [1.29, 1.82) is 0 Å². The van der Waals surface area contributed by atoms with E-state index in [0.717, 1.165) is 31.5 Å². The first-order valence-corrected chi connectivity index (χ1v) is 5.71. The predicted octanol–water partition coefficient (Wildman–Crippen LogP) is 2.46. The van der Waals surface area contributed by atoms with Gasteiger partial charge < -0.3 is 10.3 Å². The van der Waals surface area contributed by atoms with Crippen molar-refractivity contribution in [3.63, 3.8) is 0 Å². The van der Waals surface area contributed by atoms with Crippen molar-refractivity contribution in [2.24, 2.45) is 11.7 Å². The highest BCUT2D eigenvalue weighted by atomic mass is 16.5. The summed E-state index contributed by atoms with van der Waals surface area (Å²) in [6.45, 7) is 6.41. The molecule has 0 amide bonds. The van der Waals surface area contributed by atoms with Crippen LogP contribution in [0.4, 0.5) is 0 Å². The van der Waals surface area contributed by atoms with E-state index >= 15 is 0 Å². The molecule has 86 valence electrons. The highest BCUT2D eigenvalue weighted by Gasteiger charge is 2.14. The molecule has 0 saturated heterocycles. The van der Waals surface area contributed by atoms with Gasteiger partial charge in [-0.1, -0.05) is 38.8 Å². The van der Waals surface area contributed by atoms with Crippen LogP contribution in [0, 0.1) is 5.92 Å². The molecule has 15 heavy (non-hydrogen) atoms. The molecule has 0 fully saturated rings. The van der Waals surface area contributed by atoms with E-state index in [1.165, 1.54) is 0 Å². The van der Waals surface area contributed by atoms with E-state index in [0.29, 0.717) is 11.8 Å². The molecule has 0 aliphatic carbocycles. The summed E-state index contributed by atoms with van der Waals surface area (Å²) in [4.78, 5) is 4.30. The minimum absolute atomic E-state index is 0.0987. The van der Waals surface area contributed by atoms with Gasteiger partial charge in [0.15, 0.2) is 5.82 Å². The Morgan fingerprint density at radius 2 is 2.13 bits per heavy atom. The van der Waals surface area contributed by atoms with E-state index in [2.05, 4.69) is 30.9 Å². The van der Waals surface area contributed by atoms with Crippen LogP contribution < -0.4 is 5.73 Å². The molecule has 1 atom stereocenters. The first-order chi connectivity index (χ1) is 7.13. The Morgan fingerprint density at radius 1 is 1.40 bits per heavy atom. The lowest BCUT2D eigenvalue weighted by atomic mass is 10.1. The number of rotatable bonds is 6. The van der Waals surface area contributed by atoms with E-state index in [1.807, 2.05) is 0 Å². The van der Waals surface area contributed by atoms with Gasteiger partial charge in [-0.25, -0.2) is 0 Å². The SMILES string of the molecule is CCCC[C@H](N)c1nc(CC(C)C)no1. The lowest BCUT2D eigenvalue weighted by Crippen LogP contribution is -2.10. The quantitative estimate of drug-likeness (QED) is 0.785. The first-order valence-electron chi connectivity index (χ1n) is 5.71.